The molecule has 2 heterocycles. The second-order valence-electron chi connectivity index (χ2n) is 8.84. The van der Waals surface area contributed by atoms with E-state index in [4.69, 9.17) is 49.0 Å². The Balaban J connectivity index is 0.000000507. The summed E-state index contributed by atoms with van der Waals surface area (Å²) in [5.41, 5.74) is 2.07. The zero-order valence-electron chi connectivity index (χ0n) is 22.1. The number of hydrogen-bond donors (Lipinski definition) is 4. The van der Waals surface area contributed by atoms with Crippen LogP contribution in [0.4, 0.5) is 4.39 Å². The highest BCUT2D eigenvalue weighted by atomic mass is 32.3. The Kier molecular flexibility index (Phi) is 12.6. The van der Waals surface area contributed by atoms with E-state index in [0.717, 1.165) is 50.0 Å². The summed E-state index contributed by atoms with van der Waals surface area (Å²) in [7, 11) is -7.76. The SMILES string of the molecule is COc1cc(C(C)=O)ccc1OCCCN1CCC(c2noc3cc(F)ccc23)CC1.O=S(=O)(O)O.O=S(=O)(O)O. The lowest BCUT2D eigenvalue weighted by Crippen LogP contribution is -2.34. The Morgan fingerprint density at radius 1 is 1.02 bits per heavy atom. The van der Waals surface area contributed by atoms with Gasteiger partial charge in [0, 0.05) is 29.5 Å². The van der Waals surface area contributed by atoms with Gasteiger partial charge in [-0.25, -0.2) is 4.39 Å². The molecule has 14 nitrogen and oxygen atoms in total. The first-order valence-corrected chi connectivity index (χ1v) is 14.8. The molecule has 17 heteroatoms. The molecule has 0 bridgehead atoms. The smallest absolute Gasteiger partial charge is 0.394 e. The van der Waals surface area contributed by atoms with Crippen molar-refractivity contribution in [2.24, 2.45) is 0 Å². The number of carbonyl (C=O) groups is 1. The second kappa shape index (κ2) is 15.2. The fourth-order valence-electron chi connectivity index (χ4n) is 4.13. The van der Waals surface area contributed by atoms with Crippen LogP contribution in [0.3, 0.4) is 0 Å². The van der Waals surface area contributed by atoms with Crippen LogP contribution in [0.25, 0.3) is 11.0 Å². The van der Waals surface area contributed by atoms with Crippen LogP contribution in [0.2, 0.25) is 0 Å². The second-order valence-corrected chi connectivity index (χ2v) is 10.6. The van der Waals surface area contributed by atoms with Gasteiger partial charge in [0.1, 0.15) is 5.82 Å². The van der Waals surface area contributed by atoms with Gasteiger partial charge in [-0.2, -0.15) is 16.8 Å². The maximum absolute atomic E-state index is 13.4. The molecule has 1 aliphatic rings. The third-order valence-corrected chi connectivity index (χ3v) is 5.88. The van der Waals surface area contributed by atoms with Crippen molar-refractivity contribution < 1.29 is 58.2 Å². The van der Waals surface area contributed by atoms with E-state index in [1.807, 2.05) is 0 Å². The van der Waals surface area contributed by atoms with E-state index in [1.54, 1.807) is 31.4 Å². The van der Waals surface area contributed by atoms with Crippen molar-refractivity contribution in [3.63, 3.8) is 0 Å². The summed E-state index contributed by atoms with van der Waals surface area (Å²) in [5, 5.41) is 5.13. The molecule has 1 aromatic heterocycles. The number of Topliss-reactive ketones (excluding diaryl/α,β-unsaturated/α-hetero) is 1. The quantitative estimate of drug-likeness (QED) is 0.161. The lowest BCUT2D eigenvalue weighted by Gasteiger charge is -2.31. The van der Waals surface area contributed by atoms with Gasteiger partial charge in [0.05, 0.1) is 19.4 Å². The molecule has 41 heavy (non-hydrogen) atoms. The van der Waals surface area contributed by atoms with Gasteiger partial charge in [0.2, 0.25) is 0 Å². The van der Waals surface area contributed by atoms with E-state index in [1.165, 1.54) is 19.1 Å². The molecule has 2 aromatic carbocycles. The maximum Gasteiger partial charge on any atom is 0.394 e. The summed E-state index contributed by atoms with van der Waals surface area (Å²) in [6, 6.07) is 9.87. The summed E-state index contributed by atoms with van der Waals surface area (Å²) in [6.07, 6.45) is 2.90. The van der Waals surface area contributed by atoms with Crippen LogP contribution < -0.4 is 9.47 Å². The standard InChI is InChI=1S/C24H27FN2O4.2H2O4S/c1-16(28)18-4-7-21(23(14-18)29-2)30-13-3-10-27-11-8-17(9-12-27)24-20-6-5-19(25)15-22(20)31-26-24;2*1-5(2,3)4/h4-7,14-15,17H,3,8-13H2,1-2H3;2*(H2,1,2,3,4). The number of rotatable bonds is 8. The van der Waals surface area contributed by atoms with Gasteiger partial charge in [-0.3, -0.25) is 23.0 Å². The first kappa shape index (κ1) is 34.0. The molecule has 0 radical (unpaired) electrons. The van der Waals surface area contributed by atoms with Crippen LogP contribution in [0.5, 0.6) is 11.5 Å². The molecule has 1 saturated heterocycles. The van der Waals surface area contributed by atoms with Gasteiger partial charge in [-0.1, -0.05) is 5.16 Å². The van der Waals surface area contributed by atoms with Crippen LogP contribution in [-0.4, -0.2) is 84.2 Å². The zero-order valence-corrected chi connectivity index (χ0v) is 23.8. The lowest BCUT2D eigenvalue weighted by molar-refractivity contribution is 0.101. The molecule has 228 valence electrons. The lowest BCUT2D eigenvalue weighted by atomic mass is 9.91. The Morgan fingerprint density at radius 3 is 2.20 bits per heavy atom. The number of fused-ring (bicyclic) bond motifs is 1. The van der Waals surface area contributed by atoms with E-state index in [9.17, 15) is 9.18 Å². The molecule has 4 N–H and O–H groups in total. The highest BCUT2D eigenvalue weighted by Crippen LogP contribution is 2.33. The van der Waals surface area contributed by atoms with E-state index in [2.05, 4.69) is 10.1 Å². The summed E-state index contributed by atoms with van der Waals surface area (Å²) in [5.74, 6) is 1.26. The molecule has 0 unspecified atom stereocenters. The third kappa shape index (κ3) is 12.9. The molecule has 3 aromatic rings. The summed E-state index contributed by atoms with van der Waals surface area (Å²) < 4.78 is 93.1. The molecule has 0 aliphatic carbocycles. The topological polar surface area (TPSA) is 214 Å². The number of methoxy groups -OCH3 is 1. The molecule has 0 saturated carbocycles. The van der Waals surface area contributed by atoms with Crippen molar-refractivity contribution in [2.45, 2.75) is 32.1 Å². The summed E-state index contributed by atoms with van der Waals surface area (Å²) in [6.45, 7) is 5.03. The van der Waals surface area contributed by atoms with Gasteiger partial charge in [-0.15, -0.1) is 0 Å². The molecular weight excluding hydrogens is 591 g/mol. The third-order valence-electron chi connectivity index (χ3n) is 5.88. The summed E-state index contributed by atoms with van der Waals surface area (Å²) in [4.78, 5) is 13.9. The first-order valence-electron chi connectivity index (χ1n) is 12.0. The Labute approximate surface area is 236 Å². The Morgan fingerprint density at radius 2 is 1.63 bits per heavy atom. The fraction of sp³-hybridized carbons (Fsp3) is 0.417. The van der Waals surface area contributed by atoms with Gasteiger partial charge in [0.15, 0.2) is 22.9 Å². The minimum atomic E-state index is -4.67. The summed E-state index contributed by atoms with van der Waals surface area (Å²) >= 11 is 0. The molecular formula is C24H31FN2O12S2. The number of aromatic nitrogens is 1. The number of likely N-dealkylation sites (tertiary alicyclic amines) is 1. The highest BCUT2D eigenvalue weighted by molar-refractivity contribution is 7.80. The van der Waals surface area contributed by atoms with Crippen LogP contribution in [0.1, 0.15) is 48.2 Å². The van der Waals surface area contributed by atoms with E-state index in [-0.39, 0.29) is 11.6 Å². The van der Waals surface area contributed by atoms with Gasteiger partial charge in [0.25, 0.3) is 0 Å². The number of benzene rings is 2. The Hall–Kier alpha value is -3.19. The number of nitrogens with zero attached hydrogens (tertiary/aromatic N) is 2. The molecule has 0 atom stereocenters. The van der Waals surface area contributed by atoms with Crippen LogP contribution in [-0.2, 0) is 20.8 Å². The van der Waals surface area contributed by atoms with Gasteiger partial charge >= 0.3 is 20.8 Å². The van der Waals surface area contributed by atoms with Gasteiger partial charge in [-0.05, 0) is 69.6 Å². The molecule has 0 spiro atoms. The normalized spacial score (nSPS) is 14.4. The zero-order chi connectivity index (χ0) is 30.8. The molecule has 1 aliphatic heterocycles. The van der Waals surface area contributed by atoms with Crippen molar-refractivity contribution in [1.29, 1.82) is 0 Å². The van der Waals surface area contributed by atoms with Crippen LogP contribution in [0, 0.1) is 5.82 Å². The van der Waals surface area contributed by atoms with E-state index < -0.39 is 20.8 Å². The van der Waals surface area contributed by atoms with Crippen molar-refractivity contribution in [2.75, 3.05) is 33.4 Å². The number of halogens is 1. The number of ketones is 1. The predicted molar refractivity (Wildman–Crippen MR) is 144 cm³/mol. The minimum Gasteiger partial charge on any atom is -0.493 e. The van der Waals surface area contributed by atoms with E-state index >= 15 is 0 Å². The van der Waals surface area contributed by atoms with Crippen LogP contribution >= 0.6 is 0 Å². The average Bonchev–Trinajstić information content (AvgIpc) is 3.28. The van der Waals surface area contributed by atoms with Crippen molar-refractivity contribution >= 4 is 37.6 Å². The average molecular weight is 623 g/mol. The highest BCUT2D eigenvalue weighted by Gasteiger charge is 2.25. The van der Waals surface area contributed by atoms with E-state index in [0.29, 0.717) is 35.2 Å². The largest absolute Gasteiger partial charge is 0.493 e. The monoisotopic (exact) mass is 622 g/mol. The number of ether oxygens (including phenoxy) is 2. The number of carbonyl (C=O) groups excluding carboxylic acids is 1. The minimum absolute atomic E-state index is 0.000894. The van der Waals surface area contributed by atoms with Crippen molar-refractivity contribution in [3.8, 4) is 11.5 Å². The van der Waals surface area contributed by atoms with Gasteiger partial charge < -0.3 is 18.9 Å². The number of hydrogen-bond acceptors (Lipinski definition) is 10. The fourth-order valence-corrected chi connectivity index (χ4v) is 4.13. The molecule has 4 rings (SSSR count). The van der Waals surface area contributed by atoms with Crippen LogP contribution in [0.15, 0.2) is 40.9 Å². The maximum atomic E-state index is 13.4. The Bertz CT molecular complexity index is 1470. The number of piperidine rings is 1. The van der Waals surface area contributed by atoms with Crippen molar-refractivity contribution in [3.05, 3.63) is 53.5 Å². The van der Waals surface area contributed by atoms with Crippen molar-refractivity contribution in [1.82, 2.24) is 10.1 Å². The molecule has 1 fully saturated rings. The predicted octanol–water partition coefficient (Wildman–Crippen LogP) is 3.52. The molecule has 0 amide bonds. The first-order chi connectivity index (χ1) is 19.0.